The molecule has 2 rings (SSSR count). The number of benzene rings is 1. The maximum Gasteiger partial charge on any atom is 0.416 e. The Bertz CT molecular complexity index is 684. The molecule has 1 saturated heterocycles. The molecule has 1 heterocycles. The lowest BCUT2D eigenvalue weighted by Crippen LogP contribution is -2.46. The van der Waals surface area contributed by atoms with Crippen molar-refractivity contribution in [2.45, 2.75) is 11.1 Å². The van der Waals surface area contributed by atoms with Crippen LogP contribution in [0.2, 0.25) is 0 Å². The molecule has 1 aliphatic rings. The topological polar surface area (TPSA) is 92.5 Å². The zero-order chi connectivity index (χ0) is 16.5. The minimum atomic E-state index is -4.79. The van der Waals surface area contributed by atoms with Crippen molar-refractivity contribution in [1.29, 1.82) is 0 Å². The summed E-state index contributed by atoms with van der Waals surface area (Å²) in [6, 6.07) is 1.41. The Hall–Kier alpha value is -1.72. The van der Waals surface area contributed by atoms with Crippen LogP contribution in [0.4, 0.5) is 18.9 Å². The maximum absolute atomic E-state index is 12.6. The van der Waals surface area contributed by atoms with Crippen LogP contribution in [0.5, 0.6) is 0 Å². The molecule has 0 spiro atoms. The number of nitrogens with one attached hydrogen (secondary N) is 1. The molecular weight excluding hydrogens is 327 g/mol. The fraction of sp³-hybridized carbons (Fsp3) is 0.455. The third kappa shape index (κ3) is 3.20. The van der Waals surface area contributed by atoms with E-state index in [0.717, 1.165) is 4.31 Å². The van der Waals surface area contributed by atoms with Crippen molar-refractivity contribution in [1.82, 2.24) is 9.62 Å². The van der Waals surface area contributed by atoms with Crippen LogP contribution in [0.1, 0.15) is 5.56 Å². The summed E-state index contributed by atoms with van der Waals surface area (Å²) in [6.45, 7) is 0.933. The van der Waals surface area contributed by atoms with Crippen molar-refractivity contribution in [2.24, 2.45) is 0 Å². The molecule has 122 valence electrons. The van der Waals surface area contributed by atoms with Crippen LogP contribution in [-0.2, 0) is 16.2 Å². The summed E-state index contributed by atoms with van der Waals surface area (Å²) in [5.41, 5.74) is -2.34. The zero-order valence-corrected chi connectivity index (χ0v) is 11.9. The van der Waals surface area contributed by atoms with E-state index in [1.165, 1.54) is 0 Å². The number of hydrogen-bond acceptors (Lipinski definition) is 5. The lowest BCUT2D eigenvalue weighted by molar-refractivity contribution is -0.388. The van der Waals surface area contributed by atoms with E-state index in [-0.39, 0.29) is 19.2 Å². The number of alkyl halides is 3. The number of nitrogens with zero attached hydrogens (tertiary/aromatic N) is 2. The summed E-state index contributed by atoms with van der Waals surface area (Å²) in [5, 5.41) is 13.9. The number of nitro benzene ring substituents is 1. The Morgan fingerprint density at radius 2 is 1.82 bits per heavy atom. The SMILES string of the molecule is O=[N+]([O-])c1cc(C(F)(F)F)ccc1S(=O)(=O)N1CCNCC1. The predicted octanol–water partition coefficient (Wildman–Crippen LogP) is 1.21. The number of sulfonamides is 1. The van der Waals surface area contributed by atoms with Gasteiger partial charge in [0.15, 0.2) is 4.90 Å². The predicted molar refractivity (Wildman–Crippen MR) is 69.7 cm³/mol. The molecular formula is C11H12F3N3O4S. The summed E-state index contributed by atoms with van der Waals surface area (Å²) < 4.78 is 63.7. The molecule has 0 atom stereocenters. The van der Waals surface area contributed by atoms with Gasteiger partial charge in [0.25, 0.3) is 5.69 Å². The number of nitro groups is 1. The van der Waals surface area contributed by atoms with Crippen LogP contribution in [0.15, 0.2) is 23.1 Å². The highest BCUT2D eigenvalue weighted by molar-refractivity contribution is 7.89. The van der Waals surface area contributed by atoms with E-state index in [2.05, 4.69) is 5.32 Å². The molecule has 0 aromatic heterocycles. The normalized spacial score (nSPS) is 17.4. The van der Waals surface area contributed by atoms with Crippen LogP contribution in [-0.4, -0.2) is 43.8 Å². The van der Waals surface area contributed by atoms with Gasteiger partial charge in [0, 0.05) is 32.2 Å². The fourth-order valence-electron chi connectivity index (χ4n) is 2.08. The van der Waals surface area contributed by atoms with Crippen LogP contribution in [0, 0.1) is 10.1 Å². The molecule has 22 heavy (non-hydrogen) atoms. The molecule has 0 radical (unpaired) electrons. The van der Waals surface area contributed by atoms with Crippen molar-refractivity contribution in [2.75, 3.05) is 26.2 Å². The largest absolute Gasteiger partial charge is 0.416 e. The minimum Gasteiger partial charge on any atom is -0.314 e. The number of piperazine rings is 1. The molecule has 1 aromatic rings. The second-order valence-electron chi connectivity index (χ2n) is 4.59. The molecule has 1 N–H and O–H groups in total. The van der Waals surface area contributed by atoms with Gasteiger partial charge in [-0.2, -0.15) is 17.5 Å². The van der Waals surface area contributed by atoms with Gasteiger partial charge in [-0.05, 0) is 12.1 Å². The maximum atomic E-state index is 12.6. The molecule has 1 aromatic carbocycles. The summed E-state index contributed by atoms with van der Waals surface area (Å²) in [5.74, 6) is 0. The first-order chi connectivity index (χ1) is 10.1. The monoisotopic (exact) mass is 339 g/mol. The molecule has 0 amide bonds. The van der Waals surface area contributed by atoms with E-state index in [1.54, 1.807) is 0 Å². The Labute approximate surface area is 123 Å². The molecule has 11 heteroatoms. The molecule has 7 nitrogen and oxygen atoms in total. The summed E-state index contributed by atoms with van der Waals surface area (Å²) in [7, 11) is -4.22. The van der Waals surface area contributed by atoms with E-state index in [0.29, 0.717) is 25.2 Å². The third-order valence-electron chi connectivity index (χ3n) is 3.18. The van der Waals surface area contributed by atoms with Gasteiger partial charge in [0.2, 0.25) is 10.0 Å². The molecule has 1 aliphatic heterocycles. The van der Waals surface area contributed by atoms with E-state index in [1.807, 2.05) is 0 Å². The first-order valence-electron chi connectivity index (χ1n) is 6.20. The van der Waals surface area contributed by atoms with E-state index in [9.17, 15) is 31.7 Å². The average molecular weight is 339 g/mol. The lowest BCUT2D eigenvalue weighted by Gasteiger charge is -2.26. The smallest absolute Gasteiger partial charge is 0.314 e. The van der Waals surface area contributed by atoms with Crippen LogP contribution >= 0.6 is 0 Å². The van der Waals surface area contributed by atoms with Crippen LogP contribution in [0.25, 0.3) is 0 Å². The Morgan fingerprint density at radius 3 is 2.32 bits per heavy atom. The van der Waals surface area contributed by atoms with Crippen molar-refractivity contribution in [3.8, 4) is 0 Å². The van der Waals surface area contributed by atoms with Crippen molar-refractivity contribution in [3.05, 3.63) is 33.9 Å². The van der Waals surface area contributed by atoms with E-state index in [4.69, 9.17) is 0 Å². The molecule has 1 fully saturated rings. The van der Waals surface area contributed by atoms with Crippen molar-refractivity contribution < 1.29 is 26.5 Å². The Balaban J connectivity index is 2.52. The summed E-state index contributed by atoms with van der Waals surface area (Å²) >= 11 is 0. The average Bonchev–Trinajstić information content (AvgIpc) is 2.46. The first-order valence-corrected chi connectivity index (χ1v) is 7.64. The van der Waals surface area contributed by atoms with Gasteiger partial charge in [-0.3, -0.25) is 10.1 Å². The third-order valence-corrected chi connectivity index (χ3v) is 5.12. The van der Waals surface area contributed by atoms with Gasteiger partial charge >= 0.3 is 6.18 Å². The fourth-order valence-corrected chi connectivity index (χ4v) is 3.66. The summed E-state index contributed by atoms with van der Waals surface area (Å²) in [4.78, 5) is 9.12. The van der Waals surface area contributed by atoms with Crippen molar-refractivity contribution in [3.63, 3.8) is 0 Å². The van der Waals surface area contributed by atoms with Gasteiger partial charge in [0.1, 0.15) is 0 Å². The highest BCUT2D eigenvalue weighted by Gasteiger charge is 2.37. The highest BCUT2D eigenvalue weighted by Crippen LogP contribution is 2.35. The van der Waals surface area contributed by atoms with Crippen LogP contribution < -0.4 is 5.32 Å². The van der Waals surface area contributed by atoms with Crippen molar-refractivity contribution >= 4 is 15.7 Å². The van der Waals surface area contributed by atoms with Gasteiger partial charge in [-0.1, -0.05) is 0 Å². The van der Waals surface area contributed by atoms with E-state index >= 15 is 0 Å². The molecule has 0 saturated carbocycles. The second kappa shape index (κ2) is 5.82. The van der Waals surface area contributed by atoms with Gasteiger partial charge in [0.05, 0.1) is 10.5 Å². The second-order valence-corrected chi connectivity index (χ2v) is 6.50. The number of rotatable bonds is 3. The van der Waals surface area contributed by atoms with Gasteiger partial charge in [-0.15, -0.1) is 0 Å². The zero-order valence-electron chi connectivity index (χ0n) is 11.1. The molecule has 0 bridgehead atoms. The highest BCUT2D eigenvalue weighted by atomic mass is 32.2. The Morgan fingerprint density at radius 1 is 1.23 bits per heavy atom. The number of hydrogen-bond donors (Lipinski definition) is 1. The van der Waals surface area contributed by atoms with Gasteiger partial charge in [-0.25, -0.2) is 8.42 Å². The summed E-state index contributed by atoms with van der Waals surface area (Å²) in [6.07, 6.45) is -4.79. The van der Waals surface area contributed by atoms with Gasteiger partial charge < -0.3 is 5.32 Å². The minimum absolute atomic E-state index is 0.0977. The number of halogens is 3. The molecule has 0 aliphatic carbocycles. The van der Waals surface area contributed by atoms with E-state index < -0.39 is 37.3 Å². The van der Waals surface area contributed by atoms with Crippen LogP contribution in [0.3, 0.4) is 0 Å². The Kier molecular flexibility index (Phi) is 4.40. The quantitative estimate of drug-likeness (QED) is 0.660. The lowest BCUT2D eigenvalue weighted by atomic mass is 10.2. The molecule has 0 unspecified atom stereocenters. The first kappa shape index (κ1) is 16.6. The standard InChI is InChI=1S/C11H12F3N3O4S/c12-11(13,14)8-1-2-10(9(7-8)17(18)19)22(20,21)16-5-3-15-4-6-16/h1-2,7,15H,3-6H2.